The number of thioether (sulfide) groups is 1. The first-order valence-corrected chi connectivity index (χ1v) is 7.58. The van der Waals surface area contributed by atoms with Crippen LogP contribution in [0.25, 0.3) is 0 Å². The summed E-state index contributed by atoms with van der Waals surface area (Å²) in [6.07, 6.45) is 1.17. The Balaban J connectivity index is 2.07. The Hall–Kier alpha value is 0.340. The van der Waals surface area contributed by atoms with Crippen LogP contribution in [0, 0.1) is 12.8 Å². The molecule has 0 aliphatic carbocycles. The summed E-state index contributed by atoms with van der Waals surface area (Å²) in [5.74, 6) is 3.30. The highest BCUT2D eigenvalue weighted by Gasteiger charge is 2.25. The number of halogens is 2. The van der Waals surface area contributed by atoms with E-state index < -0.39 is 0 Å². The molecule has 82 valence electrons. The third-order valence-corrected chi connectivity index (χ3v) is 6.02. The molecule has 0 radical (unpaired) electrons. The van der Waals surface area contributed by atoms with E-state index in [0.717, 1.165) is 10.9 Å². The predicted octanol–water partition coefficient (Wildman–Crippen LogP) is 4.32. The van der Waals surface area contributed by atoms with Crippen LogP contribution in [0.5, 0.6) is 0 Å². The van der Waals surface area contributed by atoms with Crippen molar-refractivity contribution in [3.63, 3.8) is 0 Å². The minimum Gasteiger partial charge on any atom is -0.160 e. The van der Waals surface area contributed by atoms with Gasteiger partial charge in [-0.05, 0) is 42.2 Å². The van der Waals surface area contributed by atoms with Crippen LogP contribution < -0.4 is 0 Å². The van der Waals surface area contributed by atoms with Crippen LogP contribution in [-0.2, 0) is 6.42 Å². The summed E-state index contributed by atoms with van der Waals surface area (Å²) in [6, 6.07) is 6.38. The molecule has 1 aromatic carbocycles. The van der Waals surface area contributed by atoms with E-state index >= 15 is 0 Å². The molecule has 0 spiro atoms. The Morgan fingerprint density at radius 3 is 2.87 bits per heavy atom. The van der Waals surface area contributed by atoms with Gasteiger partial charge in [0.05, 0.1) is 0 Å². The predicted molar refractivity (Wildman–Crippen MR) is 73.4 cm³/mol. The Morgan fingerprint density at radius 2 is 2.27 bits per heavy atom. The van der Waals surface area contributed by atoms with Gasteiger partial charge < -0.3 is 0 Å². The maximum absolute atomic E-state index is 6.01. The van der Waals surface area contributed by atoms with Crippen molar-refractivity contribution < 1.29 is 0 Å². The maximum atomic E-state index is 6.01. The van der Waals surface area contributed by atoms with E-state index in [1.165, 1.54) is 29.1 Å². The molecule has 0 amide bonds. The molecule has 3 heteroatoms. The molecule has 2 unspecified atom stereocenters. The molecule has 1 saturated heterocycles. The lowest BCUT2D eigenvalue weighted by atomic mass is 9.98. The van der Waals surface area contributed by atoms with E-state index in [2.05, 4.69) is 35.0 Å². The molecule has 1 aliphatic heterocycles. The quantitative estimate of drug-likeness (QED) is 0.733. The molecule has 0 aromatic heterocycles. The van der Waals surface area contributed by atoms with Crippen LogP contribution >= 0.6 is 39.3 Å². The summed E-state index contributed by atoms with van der Waals surface area (Å²) in [4.78, 5) is 0.679. The van der Waals surface area contributed by atoms with Crippen molar-refractivity contribution in [3.8, 4) is 0 Å². The van der Waals surface area contributed by atoms with Gasteiger partial charge in [0.25, 0.3) is 0 Å². The van der Waals surface area contributed by atoms with Crippen LogP contribution in [0.3, 0.4) is 0 Å². The van der Waals surface area contributed by atoms with Gasteiger partial charge in [0, 0.05) is 15.6 Å². The lowest BCUT2D eigenvalue weighted by Crippen LogP contribution is -2.14. The molecule has 0 N–H and O–H groups in total. The van der Waals surface area contributed by atoms with E-state index in [0.29, 0.717) is 4.83 Å². The van der Waals surface area contributed by atoms with E-state index in [4.69, 9.17) is 11.6 Å². The fourth-order valence-corrected chi connectivity index (χ4v) is 4.48. The summed E-state index contributed by atoms with van der Waals surface area (Å²) < 4.78 is 0. The zero-order chi connectivity index (χ0) is 10.8. The summed E-state index contributed by atoms with van der Waals surface area (Å²) in [6.45, 7) is 2.07. The normalized spacial score (nSPS) is 25.8. The average Bonchev–Trinajstić information content (AvgIpc) is 2.59. The molecular weight excluding hydrogens is 292 g/mol. The number of benzene rings is 1. The number of hydrogen-bond acceptors (Lipinski definition) is 1. The fourth-order valence-electron chi connectivity index (χ4n) is 1.90. The van der Waals surface area contributed by atoms with Crippen molar-refractivity contribution >= 4 is 39.3 Å². The first-order valence-electron chi connectivity index (χ1n) is 5.13. The van der Waals surface area contributed by atoms with Crippen molar-refractivity contribution in [2.75, 3.05) is 11.5 Å². The molecular formula is C12H14BrClS. The van der Waals surface area contributed by atoms with Gasteiger partial charge in [-0.2, -0.15) is 11.8 Å². The number of rotatable bonds is 2. The minimum atomic E-state index is 0.679. The SMILES string of the molecule is Cc1cc(CC2CSCC2Br)ccc1Cl. The monoisotopic (exact) mass is 304 g/mol. The van der Waals surface area contributed by atoms with E-state index in [1.54, 1.807) is 0 Å². The van der Waals surface area contributed by atoms with Gasteiger partial charge in [0.15, 0.2) is 0 Å². The number of hydrogen-bond donors (Lipinski definition) is 0. The molecule has 1 fully saturated rings. The fraction of sp³-hybridized carbons (Fsp3) is 0.500. The van der Waals surface area contributed by atoms with Gasteiger partial charge in [-0.25, -0.2) is 0 Å². The molecule has 1 aliphatic rings. The van der Waals surface area contributed by atoms with Gasteiger partial charge in [0.1, 0.15) is 0 Å². The van der Waals surface area contributed by atoms with Gasteiger partial charge in [-0.15, -0.1) is 0 Å². The van der Waals surface area contributed by atoms with Gasteiger partial charge in [0.2, 0.25) is 0 Å². The highest BCUT2D eigenvalue weighted by Crippen LogP contribution is 2.32. The zero-order valence-electron chi connectivity index (χ0n) is 8.67. The number of alkyl halides is 1. The van der Waals surface area contributed by atoms with Crippen molar-refractivity contribution in [2.45, 2.75) is 18.2 Å². The second-order valence-electron chi connectivity index (χ2n) is 4.10. The first kappa shape index (κ1) is 11.8. The second-order valence-corrected chi connectivity index (χ2v) is 6.76. The first-order chi connectivity index (χ1) is 7.16. The topological polar surface area (TPSA) is 0 Å². The second kappa shape index (κ2) is 5.11. The summed E-state index contributed by atoms with van der Waals surface area (Å²) in [5.41, 5.74) is 2.60. The van der Waals surface area contributed by atoms with E-state index in [1.807, 2.05) is 17.8 Å². The van der Waals surface area contributed by atoms with Crippen LogP contribution in [-0.4, -0.2) is 16.3 Å². The molecule has 0 bridgehead atoms. The summed E-state index contributed by atoms with van der Waals surface area (Å²) >= 11 is 11.8. The minimum absolute atomic E-state index is 0.679. The lowest BCUT2D eigenvalue weighted by Gasteiger charge is -2.13. The third-order valence-electron chi connectivity index (χ3n) is 2.84. The van der Waals surface area contributed by atoms with Crippen molar-refractivity contribution in [3.05, 3.63) is 34.3 Å². The zero-order valence-corrected chi connectivity index (χ0v) is 11.8. The Kier molecular flexibility index (Phi) is 4.03. The Labute approximate surface area is 109 Å². The Morgan fingerprint density at radius 1 is 1.47 bits per heavy atom. The molecule has 1 heterocycles. The summed E-state index contributed by atoms with van der Waals surface area (Å²) in [5, 5.41) is 0.870. The molecule has 1 aromatic rings. The smallest absolute Gasteiger partial charge is 0.0435 e. The standard InChI is InChI=1S/C12H14BrClS/c1-8-4-9(2-3-12(8)14)5-10-6-15-7-11(10)13/h2-4,10-11H,5-7H2,1H3. The average molecular weight is 306 g/mol. The van der Waals surface area contributed by atoms with Crippen LogP contribution in [0.4, 0.5) is 0 Å². The van der Waals surface area contributed by atoms with Crippen molar-refractivity contribution in [1.29, 1.82) is 0 Å². The van der Waals surface area contributed by atoms with Gasteiger partial charge in [-0.1, -0.05) is 39.7 Å². The Bertz CT molecular complexity index is 353. The van der Waals surface area contributed by atoms with E-state index in [-0.39, 0.29) is 0 Å². The maximum Gasteiger partial charge on any atom is 0.0435 e. The van der Waals surface area contributed by atoms with Crippen molar-refractivity contribution in [2.24, 2.45) is 5.92 Å². The highest BCUT2D eigenvalue weighted by atomic mass is 79.9. The highest BCUT2D eigenvalue weighted by molar-refractivity contribution is 9.09. The largest absolute Gasteiger partial charge is 0.160 e. The summed E-state index contributed by atoms with van der Waals surface area (Å²) in [7, 11) is 0. The van der Waals surface area contributed by atoms with Gasteiger partial charge in [-0.3, -0.25) is 0 Å². The molecule has 2 rings (SSSR count). The van der Waals surface area contributed by atoms with Crippen LogP contribution in [0.2, 0.25) is 5.02 Å². The van der Waals surface area contributed by atoms with Crippen LogP contribution in [0.15, 0.2) is 18.2 Å². The van der Waals surface area contributed by atoms with E-state index in [9.17, 15) is 0 Å². The molecule has 0 nitrogen and oxygen atoms in total. The molecule has 2 atom stereocenters. The number of aryl methyl sites for hydroxylation is 1. The van der Waals surface area contributed by atoms with Crippen molar-refractivity contribution in [1.82, 2.24) is 0 Å². The van der Waals surface area contributed by atoms with Crippen LogP contribution in [0.1, 0.15) is 11.1 Å². The molecule has 0 saturated carbocycles. The van der Waals surface area contributed by atoms with Gasteiger partial charge >= 0.3 is 0 Å². The third kappa shape index (κ3) is 2.92. The molecule has 15 heavy (non-hydrogen) atoms. The lowest BCUT2D eigenvalue weighted by molar-refractivity contribution is 0.616.